The summed E-state index contributed by atoms with van der Waals surface area (Å²) in [5.74, 6) is 2.65. The van der Waals surface area contributed by atoms with Crippen molar-refractivity contribution in [3.8, 4) is 0 Å². The quantitative estimate of drug-likeness (QED) is 0.782. The Labute approximate surface area is 154 Å². The molecule has 1 N–H and O–H groups in total. The van der Waals surface area contributed by atoms with Gasteiger partial charge in [0.25, 0.3) is 0 Å². The number of benzene rings is 1. The molecule has 0 aromatic heterocycles. The van der Waals surface area contributed by atoms with Crippen molar-refractivity contribution in [1.82, 2.24) is 4.72 Å². The molecule has 0 spiro atoms. The van der Waals surface area contributed by atoms with E-state index < -0.39 is 10.0 Å². The van der Waals surface area contributed by atoms with Gasteiger partial charge in [-0.25, -0.2) is 13.1 Å². The zero-order valence-electron chi connectivity index (χ0n) is 13.6. The Morgan fingerprint density at radius 3 is 2.21 bits per heavy atom. The second-order valence-electron chi connectivity index (χ2n) is 8.14. The number of hydrogen-bond acceptors (Lipinski definition) is 2. The Kier molecular flexibility index (Phi) is 4.39. The van der Waals surface area contributed by atoms with Gasteiger partial charge in [0.2, 0.25) is 10.0 Å². The molecule has 3 nitrogen and oxygen atoms in total. The zero-order valence-corrected chi connectivity index (χ0v) is 15.9. The fraction of sp³-hybridized carbons (Fsp3) is 0.667. The summed E-state index contributed by atoms with van der Waals surface area (Å²) < 4.78 is 27.8. The van der Waals surface area contributed by atoms with E-state index in [1.807, 2.05) is 0 Å². The van der Waals surface area contributed by atoms with Crippen LogP contribution in [0, 0.1) is 23.2 Å². The highest BCUT2D eigenvalue weighted by Gasteiger charge is 2.50. The SMILES string of the molecule is O=S(=O)(NCCC12CC3CC(CC(C3)C1)C2)c1cc(Cl)ccc1Cl. The zero-order chi connectivity index (χ0) is 16.9. The molecule has 0 unspecified atom stereocenters. The third-order valence-corrected chi connectivity index (χ3v) is 8.47. The number of halogens is 2. The van der Waals surface area contributed by atoms with Crippen LogP contribution in [0.5, 0.6) is 0 Å². The van der Waals surface area contributed by atoms with Crippen LogP contribution in [0.2, 0.25) is 10.0 Å². The molecule has 4 aliphatic rings. The monoisotopic (exact) mass is 387 g/mol. The first-order valence-electron chi connectivity index (χ1n) is 8.80. The van der Waals surface area contributed by atoms with Crippen molar-refractivity contribution in [2.75, 3.05) is 6.54 Å². The lowest BCUT2D eigenvalue weighted by molar-refractivity contribution is -0.0561. The molecule has 0 heterocycles. The van der Waals surface area contributed by atoms with Crippen LogP contribution in [0.1, 0.15) is 44.9 Å². The molecule has 6 heteroatoms. The van der Waals surface area contributed by atoms with E-state index >= 15 is 0 Å². The molecule has 4 aliphatic carbocycles. The minimum absolute atomic E-state index is 0.0715. The molecule has 24 heavy (non-hydrogen) atoms. The summed E-state index contributed by atoms with van der Waals surface area (Å²) in [6, 6.07) is 4.53. The highest BCUT2D eigenvalue weighted by molar-refractivity contribution is 7.89. The Hall–Kier alpha value is -0.290. The van der Waals surface area contributed by atoms with E-state index in [2.05, 4.69) is 4.72 Å². The van der Waals surface area contributed by atoms with Crippen molar-refractivity contribution in [2.24, 2.45) is 23.2 Å². The molecule has 132 valence electrons. The average Bonchev–Trinajstić information content (AvgIpc) is 2.47. The molecule has 0 atom stereocenters. The first kappa shape index (κ1) is 17.1. The van der Waals surface area contributed by atoms with Crippen LogP contribution in [0.3, 0.4) is 0 Å². The molecule has 0 aliphatic heterocycles. The Morgan fingerprint density at radius 2 is 1.62 bits per heavy atom. The maximum atomic E-state index is 12.5. The summed E-state index contributed by atoms with van der Waals surface area (Å²) in [7, 11) is -3.61. The van der Waals surface area contributed by atoms with Gasteiger partial charge in [-0.2, -0.15) is 0 Å². The fourth-order valence-electron chi connectivity index (χ4n) is 5.81. The molecule has 5 rings (SSSR count). The highest BCUT2D eigenvalue weighted by Crippen LogP contribution is 2.61. The van der Waals surface area contributed by atoms with Crippen molar-refractivity contribution in [3.63, 3.8) is 0 Å². The smallest absolute Gasteiger partial charge is 0.211 e. The van der Waals surface area contributed by atoms with E-state index in [0.29, 0.717) is 17.0 Å². The predicted octanol–water partition coefficient (Wildman–Crippen LogP) is 4.88. The van der Waals surface area contributed by atoms with Gasteiger partial charge in [-0.05, 0) is 86.3 Å². The average molecular weight is 388 g/mol. The summed E-state index contributed by atoms with van der Waals surface area (Å²) in [5, 5.41) is 0.586. The summed E-state index contributed by atoms with van der Waals surface area (Å²) in [6.07, 6.45) is 9.03. The largest absolute Gasteiger partial charge is 0.242 e. The first-order valence-corrected chi connectivity index (χ1v) is 11.0. The van der Waals surface area contributed by atoms with Gasteiger partial charge in [0, 0.05) is 11.6 Å². The van der Waals surface area contributed by atoms with Gasteiger partial charge in [-0.3, -0.25) is 0 Å². The summed E-state index contributed by atoms with van der Waals surface area (Å²) >= 11 is 12.0. The van der Waals surface area contributed by atoms with Crippen molar-refractivity contribution in [3.05, 3.63) is 28.2 Å². The molecule has 1 aromatic rings. The standard InChI is InChI=1S/C18H23Cl2NO2S/c19-15-1-2-16(20)17(8-15)24(22,23)21-4-3-18-9-12-5-13(10-18)7-14(6-12)11-18/h1-2,8,12-14,21H,3-7,9-11H2. The summed E-state index contributed by atoms with van der Waals surface area (Å²) in [4.78, 5) is 0.0715. The van der Waals surface area contributed by atoms with Gasteiger partial charge in [0.15, 0.2) is 0 Å². The Balaban J connectivity index is 1.43. The number of nitrogens with one attached hydrogen (secondary N) is 1. The maximum Gasteiger partial charge on any atom is 0.242 e. The minimum atomic E-state index is -3.61. The summed E-state index contributed by atoms with van der Waals surface area (Å²) in [5.41, 5.74) is 0.370. The van der Waals surface area contributed by atoms with Gasteiger partial charge in [0.1, 0.15) is 4.90 Å². The van der Waals surface area contributed by atoms with E-state index in [-0.39, 0.29) is 9.92 Å². The minimum Gasteiger partial charge on any atom is -0.211 e. The molecule has 0 radical (unpaired) electrons. The van der Waals surface area contributed by atoms with Crippen LogP contribution in [0.4, 0.5) is 0 Å². The molecular weight excluding hydrogens is 365 g/mol. The molecule has 4 fully saturated rings. The first-order chi connectivity index (χ1) is 11.4. The van der Waals surface area contributed by atoms with E-state index in [1.165, 1.54) is 50.7 Å². The Bertz CT molecular complexity index is 712. The van der Waals surface area contributed by atoms with Crippen molar-refractivity contribution >= 4 is 33.2 Å². The molecule has 1 aromatic carbocycles. The topological polar surface area (TPSA) is 46.2 Å². The van der Waals surface area contributed by atoms with Crippen LogP contribution >= 0.6 is 23.2 Å². The van der Waals surface area contributed by atoms with Gasteiger partial charge in [0.05, 0.1) is 5.02 Å². The van der Waals surface area contributed by atoms with Crippen molar-refractivity contribution < 1.29 is 8.42 Å². The number of hydrogen-bond donors (Lipinski definition) is 1. The van der Waals surface area contributed by atoms with Gasteiger partial charge in [-0.15, -0.1) is 0 Å². The van der Waals surface area contributed by atoms with Crippen LogP contribution in [-0.4, -0.2) is 15.0 Å². The third kappa shape index (κ3) is 3.23. The fourth-order valence-corrected chi connectivity index (χ4v) is 7.60. The van der Waals surface area contributed by atoms with E-state index in [0.717, 1.165) is 24.2 Å². The van der Waals surface area contributed by atoms with Gasteiger partial charge >= 0.3 is 0 Å². The van der Waals surface area contributed by atoms with Gasteiger partial charge < -0.3 is 0 Å². The van der Waals surface area contributed by atoms with Crippen LogP contribution in [0.15, 0.2) is 23.1 Å². The lowest BCUT2D eigenvalue weighted by atomic mass is 9.49. The summed E-state index contributed by atoms with van der Waals surface area (Å²) in [6.45, 7) is 0.483. The second kappa shape index (κ2) is 6.15. The van der Waals surface area contributed by atoms with Crippen LogP contribution in [0.25, 0.3) is 0 Å². The van der Waals surface area contributed by atoms with Crippen molar-refractivity contribution in [2.45, 2.75) is 49.8 Å². The second-order valence-corrected chi connectivity index (χ2v) is 10.7. The van der Waals surface area contributed by atoms with E-state index in [9.17, 15) is 8.42 Å². The molecule has 0 saturated heterocycles. The lowest BCUT2D eigenvalue weighted by Crippen LogP contribution is -2.47. The van der Waals surface area contributed by atoms with E-state index in [4.69, 9.17) is 23.2 Å². The highest BCUT2D eigenvalue weighted by atomic mass is 35.5. The van der Waals surface area contributed by atoms with Gasteiger partial charge in [-0.1, -0.05) is 23.2 Å². The lowest BCUT2D eigenvalue weighted by Gasteiger charge is -2.57. The third-order valence-electron chi connectivity index (χ3n) is 6.30. The molecule has 4 bridgehead atoms. The molecule has 4 saturated carbocycles. The van der Waals surface area contributed by atoms with Crippen LogP contribution in [-0.2, 0) is 10.0 Å². The van der Waals surface area contributed by atoms with Crippen molar-refractivity contribution in [1.29, 1.82) is 0 Å². The number of sulfonamides is 1. The normalized spacial score (nSPS) is 34.7. The molecular formula is C18H23Cl2NO2S. The predicted molar refractivity (Wildman–Crippen MR) is 96.9 cm³/mol. The maximum absolute atomic E-state index is 12.5. The number of rotatable bonds is 5. The van der Waals surface area contributed by atoms with E-state index in [1.54, 1.807) is 6.07 Å². The Morgan fingerprint density at radius 1 is 1.04 bits per heavy atom. The van der Waals surface area contributed by atoms with Crippen LogP contribution < -0.4 is 4.72 Å². The molecule has 0 amide bonds.